The lowest BCUT2D eigenvalue weighted by molar-refractivity contribution is -0.137. The molecule has 1 rings (SSSR count). The van der Waals surface area contributed by atoms with Gasteiger partial charge in [0.25, 0.3) is 0 Å². The summed E-state index contributed by atoms with van der Waals surface area (Å²) in [6.45, 7) is 1.74. The SMILES string of the molecule is CCC(Nc1cccc(S(=O)(=O)N(C)C)c1)C(=O)O. The number of nitrogens with one attached hydrogen (secondary N) is 1. The molecule has 0 aromatic heterocycles. The molecule has 0 amide bonds. The van der Waals surface area contributed by atoms with E-state index in [4.69, 9.17) is 5.11 Å². The van der Waals surface area contributed by atoms with Crippen molar-refractivity contribution in [1.29, 1.82) is 0 Å². The first-order valence-corrected chi connectivity index (χ1v) is 7.25. The molecule has 0 radical (unpaired) electrons. The van der Waals surface area contributed by atoms with E-state index >= 15 is 0 Å². The van der Waals surface area contributed by atoms with E-state index < -0.39 is 22.0 Å². The van der Waals surface area contributed by atoms with Gasteiger partial charge in [0.1, 0.15) is 6.04 Å². The number of sulfonamides is 1. The largest absolute Gasteiger partial charge is 0.480 e. The van der Waals surface area contributed by atoms with Crippen molar-refractivity contribution in [2.45, 2.75) is 24.3 Å². The summed E-state index contributed by atoms with van der Waals surface area (Å²) in [6, 6.07) is 5.38. The number of rotatable bonds is 6. The van der Waals surface area contributed by atoms with Gasteiger partial charge < -0.3 is 10.4 Å². The number of nitrogens with zero attached hydrogens (tertiary/aromatic N) is 1. The van der Waals surface area contributed by atoms with E-state index in [0.717, 1.165) is 4.31 Å². The van der Waals surface area contributed by atoms with Gasteiger partial charge in [0.05, 0.1) is 4.90 Å². The molecule has 0 bridgehead atoms. The molecule has 7 heteroatoms. The van der Waals surface area contributed by atoms with Crippen LogP contribution < -0.4 is 5.32 Å². The van der Waals surface area contributed by atoms with Gasteiger partial charge in [-0.3, -0.25) is 0 Å². The normalized spacial score (nSPS) is 13.3. The summed E-state index contributed by atoms with van der Waals surface area (Å²) < 4.78 is 25.0. The van der Waals surface area contributed by atoms with Gasteiger partial charge in [-0.25, -0.2) is 17.5 Å². The molecule has 0 saturated heterocycles. The van der Waals surface area contributed by atoms with Gasteiger partial charge in [0.15, 0.2) is 0 Å². The first kappa shape index (κ1) is 15.5. The molecule has 106 valence electrons. The van der Waals surface area contributed by atoms with E-state index in [2.05, 4.69) is 5.32 Å². The number of carbonyl (C=O) groups is 1. The molecule has 0 heterocycles. The van der Waals surface area contributed by atoms with Crippen LogP contribution in [-0.4, -0.2) is 43.9 Å². The number of carboxylic acid groups (broad SMARTS) is 1. The zero-order valence-electron chi connectivity index (χ0n) is 11.1. The highest BCUT2D eigenvalue weighted by atomic mass is 32.2. The fourth-order valence-corrected chi connectivity index (χ4v) is 2.44. The highest BCUT2D eigenvalue weighted by Crippen LogP contribution is 2.19. The molecule has 2 N–H and O–H groups in total. The van der Waals surface area contributed by atoms with Crippen LogP contribution in [0.25, 0.3) is 0 Å². The van der Waals surface area contributed by atoms with Crippen molar-refractivity contribution in [3.8, 4) is 0 Å². The molecule has 19 heavy (non-hydrogen) atoms. The number of anilines is 1. The Hall–Kier alpha value is -1.60. The van der Waals surface area contributed by atoms with E-state index in [9.17, 15) is 13.2 Å². The summed E-state index contributed by atoms with van der Waals surface area (Å²) in [5.74, 6) is -0.969. The number of hydrogen-bond acceptors (Lipinski definition) is 4. The molecule has 1 unspecified atom stereocenters. The fraction of sp³-hybridized carbons (Fsp3) is 0.417. The lowest BCUT2D eigenvalue weighted by Crippen LogP contribution is -2.28. The van der Waals surface area contributed by atoms with E-state index in [-0.39, 0.29) is 4.90 Å². The third-order valence-electron chi connectivity index (χ3n) is 2.66. The van der Waals surface area contributed by atoms with Crippen LogP contribution in [0.5, 0.6) is 0 Å². The van der Waals surface area contributed by atoms with Gasteiger partial charge >= 0.3 is 5.97 Å². The lowest BCUT2D eigenvalue weighted by Gasteiger charge is -2.16. The highest BCUT2D eigenvalue weighted by molar-refractivity contribution is 7.89. The Morgan fingerprint density at radius 3 is 2.53 bits per heavy atom. The Labute approximate surface area is 113 Å². The maximum absolute atomic E-state index is 12.0. The quantitative estimate of drug-likeness (QED) is 0.821. The molecule has 0 aliphatic carbocycles. The van der Waals surface area contributed by atoms with Crippen LogP contribution >= 0.6 is 0 Å². The maximum Gasteiger partial charge on any atom is 0.326 e. The topological polar surface area (TPSA) is 86.7 Å². The summed E-state index contributed by atoms with van der Waals surface area (Å²) in [7, 11) is -0.624. The second kappa shape index (κ2) is 6.03. The summed E-state index contributed by atoms with van der Waals surface area (Å²) in [4.78, 5) is 11.1. The maximum atomic E-state index is 12.0. The van der Waals surface area contributed by atoms with Crippen molar-refractivity contribution in [2.24, 2.45) is 0 Å². The van der Waals surface area contributed by atoms with Crippen LogP contribution in [0.15, 0.2) is 29.2 Å². The second-order valence-electron chi connectivity index (χ2n) is 4.26. The van der Waals surface area contributed by atoms with Crippen LogP contribution in [0, 0.1) is 0 Å². The first-order chi connectivity index (χ1) is 8.78. The molecule has 0 aliphatic heterocycles. The van der Waals surface area contributed by atoms with Crippen molar-refractivity contribution < 1.29 is 18.3 Å². The monoisotopic (exact) mass is 286 g/mol. The average Bonchev–Trinajstić information content (AvgIpc) is 2.35. The molecule has 1 atom stereocenters. The lowest BCUT2D eigenvalue weighted by atomic mass is 10.2. The van der Waals surface area contributed by atoms with Crippen molar-refractivity contribution in [3.63, 3.8) is 0 Å². The molecule has 6 nitrogen and oxygen atoms in total. The minimum atomic E-state index is -3.52. The van der Waals surface area contributed by atoms with Crippen LogP contribution in [-0.2, 0) is 14.8 Å². The van der Waals surface area contributed by atoms with E-state index in [1.54, 1.807) is 19.1 Å². The van der Waals surface area contributed by atoms with Gasteiger partial charge in [-0.15, -0.1) is 0 Å². The van der Waals surface area contributed by atoms with Crippen molar-refractivity contribution in [3.05, 3.63) is 24.3 Å². The predicted molar refractivity (Wildman–Crippen MR) is 72.7 cm³/mol. The third-order valence-corrected chi connectivity index (χ3v) is 4.47. The van der Waals surface area contributed by atoms with E-state index in [1.165, 1.54) is 26.2 Å². The zero-order valence-corrected chi connectivity index (χ0v) is 11.9. The smallest absolute Gasteiger partial charge is 0.326 e. The highest BCUT2D eigenvalue weighted by Gasteiger charge is 2.19. The van der Waals surface area contributed by atoms with Gasteiger partial charge in [-0.2, -0.15) is 0 Å². The fourth-order valence-electron chi connectivity index (χ4n) is 1.50. The number of benzene rings is 1. The third kappa shape index (κ3) is 3.68. The molecule has 1 aromatic rings. The standard InChI is InChI=1S/C12H18N2O4S/c1-4-11(12(15)16)13-9-6-5-7-10(8-9)19(17,18)14(2)3/h5-8,11,13H,4H2,1-3H3,(H,15,16). The van der Waals surface area contributed by atoms with Crippen molar-refractivity contribution in [2.75, 3.05) is 19.4 Å². The molecule has 0 fully saturated rings. The average molecular weight is 286 g/mol. The molecule has 1 aromatic carbocycles. The summed E-state index contributed by atoms with van der Waals surface area (Å²) in [6.07, 6.45) is 0.403. The van der Waals surface area contributed by atoms with Crippen LogP contribution in [0.2, 0.25) is 0 Å². The minimum Gasteiger partial charge on any atom is -0.480 e. The Kier molecular flexibility index (Phi) is 4.90. The van der Waals surface area contributed by atoms with E-state index in [1.807, 2.05) is 0 Å². The molecular weight excluding hydrogens is 268 g/mol. The summed E-state index contributed by atoms with van der Waals surface area (Å²) in [5, 5.41) is 11.8. The van der Waals surface area contributed by atoms with Crippen LogP contribution in [0.4, 0.5) is 5.69 Å². The van der Waals surface area contributed by atoms with Crippen LogP contribution in [0.3, 0.4) is 0 Å². The number of carboxylic acids is 1. The Balaban J connectivity index is 3.05. The van der Waals surface area contributed by atoms with Gasteiger partial charge in [-0.05, 0) is 24.6 Å². The summed E-state index contributed by atoms with van der Waals surface area (Å²) in [5.41, 5.74) is 0.470. The Bertz CT molecular complexity index is 555. The Morgan fingerprint density at radius 2 is 2.05 bits per heavy atom. The number of hydrogen-bond donors (Lipinski definition) is 2. The molecule has 0 aliphatic rings. The number of aliphatic carboxylic acids is 1. The minimum absolute atomic E-state index is 0.128. The summed E-state index contributed by atoms with van der Waals surface area (Å²) >= 11 is 0. The van der Waals surface area contributed by atoms with Gasteiger partial charge in [-0.1, -0.05) is 13.0 Å². The zero-order chi connectivity index (χ0) is 14.6. The van der Waals surface area contributed by atoms with Gasteiger partial charge in [0, 0.05) is 19.8 Å². The van der Waals surface area contributed by atoms with Crippen molar-refractivity contribution in [1.82, 2.24) is 4.31 Å². The van der Waals surface area contributed by atoms with Crippen LogP contribution in [0.1, 0.15) is 13.3 Å². The second-order valence-corrected chi connectivity index (χ2v) is 6.41. The molecule has 0 spiro atoms. The Morgan fingerprint density at radius 1 is 1.42 bits per heavy atom. The van der Waals surface area contributed by atoms with Crippen molar-refractivity contribution >= 4 is 21.7 Å². The van der Waals surface area contributed by atoms with E-state index in [0.29, 0.717) is 12.1 Å². The van der Waals surface area contributed by atoms with Gasteiger partial charge in [0.2, 0.25) is 10.0 Å². The predicted octanol–water partition coefficient (Wildman–Crippen LogP) is 1.21. The first-order valence-electron chi connectivity index (χ1n) is 5.81. The molecular formula is C12H18N2O4S. The molecule has 0 saturated carbocycles.